The maximum Gasteiger partial charge on any atom is 0.292 e. The summed E-state index contributed by atoms with van der Waals surface area (Å²) < 4.78 is 6.98. The normalized spacial score (nSPS) is 24.2. The van der Waals surface area contributed by atoms with E-state index >= 15 is 0 Å². The van der Waals surface area contributed by atoms with Crippen LogP contribution >= 0.6 is 0 Å². The van der Waals surface area contributed by atoms with Crippen molar-refractivity contribution in [3.05, 3.63) is 59.9 Å². The minimum atomic E-state index is -1.23. The Morgan fingerprint density at radius 2 is 1.79 bits per heavy atom. The van der Waals surface area contributed by atoms with Crippen molar-refractivity contribution in [2.45, 2.75) is 31.5 Å². The van der Waals surface area contributed by atoms with Crippen molar-refractivity contribution in [2.24, 2.45) is 0 Å². The monoisotopic (exact) mass is 387 g/mol. The SMILES string of the molecule is CC(=O)c1ccc(N(C)C(=O)c2ccc[n+]([C@@H]3O[C@H](CO)[C@@H](O)[C@H]3O)c2)cc1. The van der Waals surface area contributed by atoms with Crippen molar-refractivity contribution in [3.8, 4) is 0 Å². The summed E-state index contributed by atoms with van der Waals surface area (Å²) in [6.45, 7) is 1.05. The molecule has 0 aliphatic carbocycles. The average molecular weight is 387 g/mol. The number of aliphatic hydroxyl groups is 3. The van der Waals surface area contributed by atoms with Gasteiger partial charge in [-0.05, 0) is 37.3 Å². The van der Waals surface area contributed by atoms with Gasteiger partial charge >= 0.3 is 0 Å². The van der Waals surface area contributed by atoms with E-state index in [1.807, 2.05) is 0 Å². The smallest absolute Gasteiger partial charge is 0.292 e. The largest absolute Gasteiger partial charge is 0.394 e. The Morgan fingerprint density at radius 3 is 2.36 bits per heavy atom. The lowest BCUT2D eigenvalue weighted by Gasteiger charge is -2.17. The van der Waals surface area contributed by atoms with Gasteiger partial charge in [-0.2, -0.15) is 4.57 Å². The molecule has 2 aromatic rings. The van der Waals surface area contributed by atoms with Gasteiger partial charge in [0, 0.05) is 24.4 Å². The van der Waals surface area contributed by atoms with Gasteiger partial charge in [0.25, 0.3) is 12.1 Å². The number of anilines is 1. The molecular formula is C20H23N2O6+. The molecule has 1 saturated heterocycles. The first-order chi connectivity index (χ1) is 13.3. The average Bonchev–Trinajstić information content (AvgIpc) is 3.01. The van der Waals surface area contributed by atoms with E-state index < -0.39 is 31.1 Å². The highest BCUT2D eigenvalue weighted by atomic mass is 16.6. The summed E-state index contributed by atoms with van der Waals surface area (Å²) in [6, 6.07) is 9.96. The molecular weight excluding hydrogens is 364 g/mol. The maximum atomic E-state index is 12.9. The highest BCUT2D eigenvalue weighted by molar-refractivity contribution is 6.05. The van der Waals surface area contributed by atoms with Crippen molar-refractivity contribution in [1.29, 1.82) is 0 Å². The van der Waals surface area contributed by atoms with Crippen LogP contribution < -0.4 is 9.47 Å². The molecule has 0 bridgehead atoms. The van der Waals surface area contributed by atoms with Gasteiger partial charge in [0.15, 0.2) is 24.3 Å². The summed E-state index contributed by atoms with van der Waals surface area (Å²) in [6.07, 6.45) is -1.13. The van der Waals surface area contributed by atoms with Crippen LogP contribution in [0.25, 0.3) is 0 Å². The van der Waals surface area contributed by atoms with Crippen LogP contribution in [0.1, 0.15) is 33.9 Å². The van der Waals surface area contributed by atoms with E-state index in [4.69, 9.17) is 4.74 Å². The zero-order valence-corrected chi connectivity index (χ0v) is 15.6. The fraction of sp³-hybridized carbons (Fsp3) is 0.350. The molecule has 8 nitrogen and oxygen atoms in total. The molecule has 1 fully saturated rings. The number of amides is 1. The first-order valence-electron chi connectivity index (χ1n) is 8.85. The summed E-state index contributed by atoms with van der Waals surface area (Å²) in [5.41, 5.74) is 1.53. The van der Waals surface area contributed by atoms with Crippen LogP contribution in [0.4, 0.5) is 5.69 Å². The summed E-state index contributed by atoms with van der Waals surface area (Å²) >= 11 is 0. The topological polar surface area (TPSA) is 111 Å². The maximum absolute atomic E-state index is 12.9. The van der Waals surface area contributed by atoms with E-state index in [-0.39, 0.29) is 11.7 Å². The third-order valence-electron chi connectivity index (χ3n) is 4.85. The summed E-state index contributed by atoms with van der Waals surface area (Å²) in [5, 5.41) is 29.3. The Labute approximate surface area is 162 Å². The molecule has 1 aromatic carbocycles. The number of carbonyl (C=O) groups excluding carboxylic acids is 2. The van der Waals surface area contributed by atoms with E-state index in [9.17, 15) is 24.9 Å². The van der Waals surface area contributed by atoms with Crippen LogP contribution in [-0.4, -0.2) is 59.0 Å². The second kappa shape index (κ2) is 8.15. The van der Waals surface area contributed by atoms with Gasteiger partial charge in [0.05, 0.1) is 6.61 Å². The number of benzene rings is 1. The molecule has 28 heavy (non-hydrogen) atoms. The number of rotatable bonds is 5. The van der Waals surface area contributed by atoms with Crippen molar-refractivity contribution in [3.63, 3.8) is 0 Å². The van der Waals surface area contributed by atoms with Crippen LogP contribution in [0.3, 0.4) is 0 Å². The van der Waals surface area contributed by atoms with Crippen molar-refractivity contribution in [1.82, 2.24) is 0 Å². The van der Waals surface area contributed by atoms with Crippen molar-refractivity contribution < 1.29 is 34.2 Å². The van der Waals surface area contributed by atoms with Gasteiger partial charge in [-0.25, -0.2) is 0 Å². The highest BCUT2D eigenvalue weighted by Crippen LogP contribution is 2.25. The molecule has 0 spiro atoms. The molecule has 4 atom stereocenters. The highest BCUT2D eigenvalue weighted by Gasteiger charge is 2.48. The summed E-state index contributed by atoms with van der Waals surface area (Å²) in [5.74, 6) is -0.347. The van der Waals surface area contributed by atoms with E-state index in [1.54, 1.807) is 49.6 Å². The van der Waals surface area contributed by atoms with Gasteiger partial charge < -0.3 is 25.0 Å². The lowest BCUT2D eigenvalue weighted by Crippen LogP contribution is -2.46. The second-order valence-corrected chi connectivity index (χ2v) is 6.74. The Hall–Kier alpha value is -2.65. The van der Waals surface area contributed by atoms with Crippen LogP contribution in [0.2, 0.25) is 0 Å². The molecule has 3 rings (SSSR count). The third kappa shape index (κ3) is 3.81. The first kappa shape index (κ1) is 20.1. The molecule has 1 amide bonds. The number of carbonyl (C=O) groups is 2. The quantitative estimate of drug-likeness (QED) is 0.494. The minimum absolute atomic E-state index is 0.0527. The molecule has 1 aliphatic rings. The van der Waals surface area contributed by atoms with Gasteiger partial charge in [0.2, 0.25) is 0 Å². The molecule has 1 aliphatic heterocycles. The Bertz CT molecular complexity index is 869. The van der Waals surface area contributed by atoms with E-state index in [0.717, 1.165) is 0 Å². The van der Waals surface area contributed by atoms with Crippen LogP contribution in [0.5, 0.6) is 0 Å². The number of hydrogen-bond acceptors (Lipinski definition) is 6. The first-order valence-corrected chi connectivity index (χ1v) is 8.85. The molecule has 3 N–H and O–H groups in total. The van der Waals surface area contributed by atoms with Crippen LogP contribution in [0.15, 0.2) is 48.8 Å². The minimum Gasteiger partial charge on any atom is -0.394 e. The molecule has 2 heterocycles. The Balaban J connectivity index is 1.81. The van der Waals surface area contributed by atoms with Crippen molar-refractivity contribution in [2.75, 3.05) is 18.6 Å². The van der Waals surface area contributed by atoms with Crippen molar-refractivity contribution >= 4 is 17.4 Å². The molecule has 0 saturated carbocycles. The molecule has 0 radical (unpaired) electrons. The number of ether oxygens (including phenoxy) is 1. The molecule has 0 unspecified atom stereocenters. The molecule has 148 valence electrons. The lowest BCUT2D eigenvalue weighted by atomic mass is 10.1. The zero-order valence-electron chi connectivity index (χ0n) is 15.6. The number of ketones is 1. The second-order valence-electron chi connectivity index (χ2n) is 6.74. The number of hydrogen-bond donors (Lipinski definition) is 3. The zero-order chi connectivity index (χ0) is 20.4. The van der Waals surface area contributed by atoms with E-state index in [1.165, 1.54) is 22.6 Å². The van der Waals surface area contributed by atoms with E-state index in [2.05, 4.69) is 0 Å². The molecule has 8 heteroatoms. The Kier molecular flexibility index (Phi) is 5.85. The number of aromatic nitrogens is 1. The fourth-order valence-corrected chi connectivity index (χ4v) is 3.13. The third-order valence-corrected chi connectivity index (χ3v) is 4.85. The van der Waals surface area contributed by atoms with Gasteiger partial charge in [-0.1, -0.05) is 0 Å². The predicted molar refractivity (Wildman–Crippen MR) is 98.8 cm³/mol. The van der Waals surface area contributed by atoms with Gasteiger partial charge in [0.1, 0.15) is 17.8 Å². The Morgan fingerprint density at radius 1 is 1.11 bits per heavy atom. The van der Waals surface area contributed by atoms with Gasteiger partial charge in [-0.3, -0.25) is 9.59 Å². The van der Waals surface area contributed by atoms with E-state index in [0.29, 0.717) is 16.8 Å². The summed E-state index contributed by atoms with van der Waals surface area (Å²) in [4.78, 5) is 25.7. The van der Waals surface area contributed by atoms with Crippen LogP contribution in [-0.2, 0) is 4.74 Å². The van der Waals surface area contributed by atoms with Gasteiger partial charge in [-0.15, -0.1) is 0 Å². The molecule has 1 aromatic heterocycles. The summed E-state index contributed by atoms with van der Waals surface area (Å²) in [7, 11) is 1.62. The number of aliphatic hydroxyl groups excluding tert-OH is 3. The number of Topliss-reactive ketones (excluding diaryl/α,β-unsaturated/α-hetero) is 1. The fourth-order valence-electron chi connectivity index (χ4n) is 3.13. The standard InChI is InChI=1S/C20H23N2O6/c1-12(24)13-5-7-15(8-6-13)21(2)19(27)14-4-3-9-22(10-14)20-18(26)17(25)16(11-23)28-20/h3-10,16-18,20,23,25-26H,11H2,1-2H3/q+1/t16-,17-,18-,20-/m1/s1. The number of nitrogens with zero attached hydrogens (tertiary/aromatic N) is 2. The lowest BCUT2D eigenvalue weighted by molar-refractivity contribution is -0.765. The number of pyridine rings is 1. The predicted octanol–water partition coefficient (Wildman–Crippen LogP) is 0.0648. The van der Waals surface area contributed by atoms with Crippen LogP contribution in [0, 0.1) is 0 Å².